The van der Waals surface area contributed by atoms with Gasteiger partial charge in [-0.25, -0.2) is 9.18 Å². The molecule has 0 unspecified atom stereocenters. The number of rotatable bonds is 6. The van der Waals surface area contributed by atoms with Crippen LogP contribution in [-0.4, -0.2) is 25.6 Å². The molecule has 2 aromatic rings. The van der Waals surface area contributed by atoms with Crippen molar-refractivity contribution in [2.75, 3.05) is 13.7 Å². The van der Waals surface area contributed by atoms with Gasteiger partial charge in [-0.15, -0.1) is 0 Å². The second-order valence-electron chi connectivity index (χ2n) is 5.12. The summed E-state index contributed by atoms with van der Waals surface area (Å²) in [6.07, 6.45) is 0. The van der Waals surface area contributed by atoms with Crippen molar-refractivity contribution in [3.05, 3.63) is 65.5 Å². The Kier molecular flexibility index (Phi) is 5.89. The number of carbonyl (C=O) groups is 2. The Bertz CT molecular complexity index is 715. The van der Waals surface area contributed by atoms with Crippen LogP contribution in [0.15, 0.2) is 48.5 Å². The van der Waals surface area contributed by atoms with Crippen LogP contribution in [0.3, 0.4) is 0 Å². The van der Waals surface area contributed by atoms with Gasteiger partial charge in [-0.1, -0.05) is 24.3 Å². The van der Waals surface area contributed by atoms with E-state index in [9.17, 15) is 14.0 Å². The van der Waals surface area contributed by atoms with Crippen molar-refractivity contribution in [2.24, 2.45) is 0 Å². The van der Waals surface area contributed by atoms with Crippen LogP contribution in [0.2, 0.25) is 0 Å². The molecule has 2 aromatic carbocycles. The third-order valence-electron chi connectivity index (χ3n) is 3.40. The third-order valence-corrected chi connectivity index (χ3v) is 3.40. The van der Waals surface area contributed by atoms with Crippen LogP contribution in [0.4, 0.5) is 4.39 Å². The fourth-order valence-corrected chi connectivity index (χ4v) is 2.13. The van der Waals surface area contributed by atoms with Gasteiger partial charge in [0.2, 0.25) is 0 Å². The first kappa shape index (κ1) is 17.5. The van der Waals surface area contributed by atoms with Gasteiger partial charge in [0.05, 0.1) is 13.2 Å². The molecule has 0 saturated carbocycles. The summed E-state index contributed by atoms with van der Waals surface area (Å²) in [5.41, 5.74) is 1.03. The summed E-state index contributed by atoms with van der Waals surface area (Å²) in [5, 5.41) is 2.75. The molecule has 1 amide bonds. The molecule has 2 rings (SSSR count). The fourth-order valence-electron chi connectivity index (χ4n) is 2.13. The lowest BCUT2D eigenvalue weighted by Gasteiger charge is -2.15. The minimum atomic E-state index is -0.536. The summed E-state index contributed by atoms with van der Waals surface area (Å²) in [7, 11) is 1.27. The van der Waals surface area contributed by atoms with E-state index in [1.807, 2.05) is 0 Å². The van der Waals surface area contributed by atoms with Gasteiger partial charge in [0, 0.05) is 0 Å². The molecule has 0 heterocycles. The molecule has 126 valence electrons. The molecule has 0 bridgehead atoms. The number of benzene rings is 2. The van der Waals surface area contributed by atoms with Crippen molar-refractivity contribution >= 4 is 11.9 Å². The first-order chi connectivity index (χ1) is 11.5. The van der Waals surface area contributed by atoms with Gasteiger partial charge < -0.3 is 14.8 Å². The zero-order valence-corrected chi connectivity index (χ0v) is 13.4. The van der Waals surface area contributed by atoms with Gasteiger partial charge in [-0.05, 0) is 36.8 Å². The summed E-state index contributed by atoms with van der Waals surface area (Å²) in [4.78, 5) is 23.6. The molecule has 1 atom stereocenters. The van der Waals surface area contributed by atoms with E-state index in [1.54, 1.807) is 43.3 Å². The van der Waals surface area contributed by atoms with E-state index >= 15 is 0 Å². The van der Waals surface area contributed by atoms with Crippen molar-refractivity contribution in [1.82, 2.24) is 5.32 Å². The summed E-state index contributed by atoms with van der Waals surface area (Å²) in [5.74, 6) is -0.953. The molecule has 0 aliphatic heterocycles. The normalized spacial score (nSPS) is 11.5. The van der Waals surface area contributed by atoms with Crippen molar-refractivity contribution in [2.45, 2.75) is 13.0 Å². The maximum absolute atomic E-state index is 12.9. The Labute approximate surface area is 139 Å². The lowest BCUT2D eigenvalue weighted by Crippen LogP contribution is -2.31. The number of halogens is 1. The van der Waals surface area contributed by atoms with Crippen molar-refractivity contribution in [3.8, 4) is 5.75 Å². The highest BCUT2D eigenvalue weighted by Crippen LogP contribution is 2.19. The molecular formula is C18H18FNO4. The average Bonchev–Trinajstić information content (AvgIpc) is 2.60. The van der Waals surface area contributed by atoms with E-state index in [4.69, 9.17) is 4.74 Å². The second-order valence-corrected chi connectivity index (χ2v) is 5.12. The van der Waals surface area contributed by atoms with Gasteiger partial charge in [0.25, 0.3) is 5.91 Å². The summed E-state index contributed by atoms with van der Waals surface area (Å²) >= 11 is 0. The highest BCUT2D eigenvalue weighted by Gasteiger charge is 2.14. The van der Waals surface area contributed by atoms with Crippen LogP contribution in [0.25, 0.3) is 0 Å². The number of nitrogens with one attached hydrogen (secondary N) is 1. The molecule has 0 aromatic heterocycles. The predicted molar refractivity (Wildman–Crippen MR) is 86.2 cm³/mol. The highest BCUT2D eigenvalue weighted by atomic mass is 19.1. The monoisotopic (exact) mass is 331 g/mol. The Hall–Kier alpha value is -2.89. The second kappa shape index (κ2) is 8.10. The zero-order valence-electron chi connectivity index (χ0n) is 13.4. The SMILES string of the molecule is COC(=O)c1ccccc1OCC(=O)N[C@H](C)c1ccc(F)cc1. The van der Waals surface area contributed by atoms with Gasteiger partial charge in [-0.3, -0.25) is 4.79 Å². The number of ether oxygens (including phenoxy) is 2. The van der Waals surface area contributed by atoms with E-state index in [0.29, 0.717) is 0 Å². The number of para-hydroxylation sites is 1. The number of amides is 1. The number of carbonyl (C=O) groups excluding carboxylic acids is 2. The van der Waals surface area contributed by atoms with Crippen LogP contribution < -0.4 is 10.1 Å². The number of hydrogen-bond donors (Lipinski definition) is 1. The van der Waals surface area contributed by atoms with Crippen LogP contribution in [-0.2, 0) is 9.53 Å². The van der Waals surface area contributed by atoms with E-state index in [-0.39, 0.29) is 35.7 Å². The van der Waals surface area contributed by atoms with Gasteiger partial charge in [-0.2, -0.15) is 0 Å². The van der Waals surface area contributed by atoms with Crippen LogP contribution in [0, 0.1) is 5.82 Å². The molecule has 0 spiro atoms. The first-order valence-corrected chi connectivity index (χ1v) is 7.36. The maximum Gasteiger partial charge on any atom is 0.341 e. The Balaban J connectivity index is 1.94. The minimum absolute atomic E-state index is 0.249. The Morgan fingerprint density at radius 1 is 1.12 bits per heavy atom. The molecule has 6 heteroatoms. The number of hydrogen-bond acceptors (Lipinski definition) is 4. The summed E-state index contributed by atoms with van der Waals surface area (Å²) in [6.45, 7) is 1.53. The first-order valence-electron chi connectivity index (χ1n) is 7.36. The average molecular weight is 331 g/mol. The smallest absolute Gasteiger partial charge is 0.341 e. The van der Waals surface area contributed by atoms with Gasteiger partial charge in [0.15, 0.2) is 6.61 Å². The highest BCUT2D eigenvalue weighted by molar-refractivity contribution is 5.92. The van der Waals surface area contributed by atoms with E-state index in [0.717, 1.165) is 5.56 Å². The quantitative estimate of drug-likeness (QED) is 0.827. The van der Waals surface area contributed by atoms with Gasteiger partial charge in [0.1, 0.15) is 17.1 Å². The largest absolute Gasteiger partial charge is 0.483 e. The van der Waals surface area contributed by atoms with Crippen molar-refractivity contribution in [1.29, 1.82) is 0 Å². The van der Waals surface area contributed by atoms with Crippen LogP contribution >= 0.6 is 0 Å². The molecule has 0 aliphatic rings. The lowest BCUT2D eigenvalue weighted by atomic mass is 10.1. The Morgan fingerprint density at radius 3 is 2.46 bits per heavy atom. The maximum atomic E-state index is 12.9. The van der Waals surface area contributed by atoms with Crippen molar-refractivity contribution in [3.63, 3.8) is 0 Å². The standard InChI is InChI=1S/C18H18FNO4/c1-12(13-7-9-14(19)10-8-13)20-17(21)11-24-16-6-4-3-5-15(16)18(22)23-2/h3-10,12H,11H2,1-2H3,(H,20,21)/t12-/m1/s1. The lowest BCUT2D eigenvalue weighted by molar-refractivity contribution is -0.123. The zero-order chi connectivity index (χ0) is 17.5. The summed E-state index contributed by atoms with van der Waals surface area (Å²) < 4.78 is 23.0. The van der Waals surface area contributed by atoms with Crippen LogP contribution in [0.5, 0.6) is 5.75 Å². The van der Waals surface area contributed by atoms with Crippen molar-refractivity contribution < 1.29 is 23.5 Å². The molecule has 0 saturated heterocycles. The topological polar surface area (TPSA) is 64.6 Å². The molecule has 1 N–H and O–H groups in total. The predicted octanol–water partition coefficient (Wildman–Crippen LogP) is 2.87. The van der Waals surface area contributed by atoms with Gasteiger partial charge >= 0.3 is 5.97 Å². The fraction of sp³-hybridized carbons (Fsp3) is 0.222. The van der Waals surface area contributed by atoms with Crippen LogP contribution in [0.1, 0.15) is 28.9 Å². The number of methoxy groups -OCH3 is 1. The van der Waals surface area contributed by atoms with E-state index in [2.05, 4.69) is 10.1 Å². The summed E-state index contributed by atoms with van der Waals surface area (Å²) in [6, 6.07) is 12.1. The Morgan fingerprint density at radius 2 is 1.79 bits per heavy atom. The number of esters is 1. The molecule has 24 heavy (non-hydrogen) atoms. The molecular weight excluding hydrogens is 313 g/mol. The molecule has 0 radical (unpaired) electrons. The third kappa shape index (κ3) is 4.55. The van der Waals surface area contributed by atoms with E-state index in [1.165, 1.54) is 19.2 Å². The molecule has 0 fully saturated rings. The molecule has 0 aliphatic carbocycles. The minimum Gasteiger partial charge on any atom is -0.483 e. The van der Waals surface area contributed by atoms with E-state index < -0.39 is 5.97 Å². The molecule has 5 nitrogen and oxygen atoms in total.